The third-order valence-corrected chi connectivity index (χ3v) is 5.52. The molecule has 0 saturated carbocycles. The Morgan fingerprint density at radius 1 is 1.39 bits per heavy atom. The number of carbonyl (C=O) groups excluding carboxylic acids is 2. The fraction of sp³-hybridized carbons (Fsp3) is 0.562. The average molecular weight is 355 g/mol. The number of esters is 2. The molecule has 0 bridgehead atoms. The molecule has 2 atom stereocenters. The van der Waals surface area contributed by atoms with Crippen molar-refractivity contribution in [2.45, 2.75) is 25.7 Å². The molecule has 1 saturated heterocycles. The standard InChI is InChI=1S/C16H21NO4S2/c1-20-15(18)11-8-12(23-9-11)4-3-10-5-6-17-14(22)13(7-10)16(19)21-2/h8-10,13H,3-7H2,1-2H3,(H,17,22). The maximum Gasteiger partial charge on any atom is 0.338 e. The van der Waals surface area contributed by atoms with Crippen molar-refractivity contribution < 1.29 is 19.1 Å². The highest BCUT2D eigenvalue weighted by Crippen LogP contribution is 2.27. The molecule has 23 heavy (non-hydrogen) atoms. The molecule has 1 aromatic rings. The van der Waals surface area contributed by atoms with Crippen LogP contribution in [0.4, 0.5) is 0 Å². The normalized spacial score (nSPS) is 21.2. The number of hydrogen-bond donors (Lipinski definition) is 1. The Morgan fingerprint density at radius 2 is 2.17 bits per heavy atom. The van der Waals surface area contributed by atoms with E-state index in [-0.39, 0.29) is 17.9 Å². The Kier molecular flexibility index (Phi) is 6.53. The smallest absolute Gasteiger partial charge is 0.338 e. The first-order chi connectivity index (χ1) is 11.0. The zero-order valence-corrected chi connectivity index (χ0v) is 14.9. The lowest BCUT2D eigenvalue weighted by Crippen LogP contribution is -2.32. The van der Waals surface area contributed by atoms with E-state index in [1.807, 2.05) is 11.4 Å². The van der Waals surface area contributed by atoms with Crippen molar-refractivity contribution in [3.8, 4) is 0 Å². The summed E-state index contributed by atoms with van der Waals surface area (Å²) in [6.45, 7) is 0.787. The van der Waals surface area contributed by atoms with Crippen LogP contribution in [0.1, 0.15) is 34.5 Å². The van der Waals surface area contributed by atoms with Crippen LogP contribution < -0.4 is 5.32 Å². The van der Waals surface area contributed by atoms with E-state index in [1.165, 1.54) is 14.2 Å². The Morgan fingerprint density at radius 3 is 2.87 bits per heavy atom. The molecule has 5 nitrogen and oxygen atoms in total. The van der Waals surface area contributed by atoms with E-state index in [9.17, 15) is 9.59 Å². The van der Waals surface area contributed by atoms with Gasteiger partial charge in [-0.2, -0.15) is 0 Å². The Bertz CT molecular complexity index is 584. The SMILES string of the molecule is COC(=O)c1csc(CCC2CCNC(=S)C(C(=O)OC)C2)c1. The van der Waals surface area contributed by atoms with E-state index in [4.69, 9.17) is 21.7 Å². The van der Waals surface area contributed by atoms with E-state index < -0.39 is 0 Å². The molecule has 0 aliphatic carbocycles. The Balaban J connectivity index is 1.94. The highest BCUT2D eigenvalue weighted by atomic mass is 32.1. The zero-order chi connectivity index (χ0) is 16.8. The minimum Gasteiger partial charge on any atom is -0.468 e. The highest BCUT2D eigenvalue weighted by molar-refractivity contribution is 7.80. The van der Waals surface area contributed by atoms with Crippen LogP contribution in [0, 0.1) is 11.8 Å². The molecule has 1 aliphatic rings. The number of thiophene rings is 1. The maximum absolute atomic E-state index is 11.9. The second-order valence-corrected chi connectivity index (χ2v) is 7.02. The van der Waals surface area contributed by atoms with Gasteiger partial charge in [0, 0.05) is 16.8 Å². The van der Waals surface area contributed by atoms with E-state index in [0.29, 0.717) is 22.9 Å². The number of rotatable bonds is 5. The minimum absolute atomic E-state index is 0.265. The number of carbonyl (C=O) groups is 2. The van der Waals surface area contributed by atoms with E-state index >= 15 is 0 Å². The largest absolute Gasteiger partial charge is 0.468 e. The monoisotopic (exact) mass is 355 g/mol. The van der Waals surface area contributed by atoms with Gasteiger partial charge in [-0.15, -0.1) is 11.3 Å². The second kappa shape index (κ2) is 8.40. The summed E-state index contributed by atoms with van der Waals surface area (Å²) >= 11 is 6.84. The molecule has 2 heterocycles. The van der Waals surface area contributed by atoms with Crippen LogP contribution in [0.25, 0.3) is 0 Å². The summed E-state index contributed by atoms with van der Waals surface area (Å²) in [6.07, 6.45) is 3.53. The lowest BCUT2D eigenvalue weighted by molar-refractivity contribution is -0.143. The van der Waals surface area contributed by atoms with Crippen LogP contribution in [0.3, 0.4) is 0 Å². The van der Waals surface area contributed by atoms with Gasteiger partial charge in [0.1, 0.15) is 5.92 Å². The molecule has 1 aromatic heterocycles. The third kappa shape index (κ3) is 4.75. The molecule has 7 heteroatoms. The lowest BCUT2D eigenvalue weighted by atomic mass is 9.89. The number of nitrogens with one attached hydrogen (secondary N) is 1. The van der Waals surface area contributed by atoms with E-state index in [2.05, 4.69) is 5.32 Å². The summed E-state index contributed by atoms with van der Waals surface area (Å²) < 4.78 is 9.57. The fourth-order valence-electron chi connectivity index (χ4n) is 2.77. The summed E-state index contributed by atoms with van der Waals surface area (Å²) in [6, 6.07) is 1.88. The zero-order valence-electron chi connectivity index (χ0n) is 13.3. The van der Waals surface area contributed by atoms with Gasteiger partial charge in [0.05, 0.1) is 24.8 Å². The van der Waals surface area contributed by atoms with Gasteiger partial charge in [-0.1, -0.05) is 12.2 Å². The van der Waals surface area contributed by atoms with Crippen molar-refractivity contribution in [3.05, 3.63) is 21.9 Å². The van der Waals surface area contributed by atoms with E-state index in [1.54, 1.807) is 11.3 Å². The molecule has 2 unspecified atom stereocenters. The minimum atomic E-state index is -0.350. The molecule has 1 N–H and O–H groups in total. The molecule has 1 fully saturated rings. The summed E-state index contributed by atoms with van der Waals surface area (Å²) in [5.41, 5.74) is 0.601. The summed E-state index contributed by atoms with van der Waals surface area (Å²) in [7, 11) is 2.78. The fourth-order valence-corrected chi connectivity index (χ4v) is 3.94. The van der Waals surface area contributed by atoms with Crippen LogP contribution in [0.15, 0.2) is 11.4 Å². The Hall–Kier alpha value is -1.47. The van der Waals surface area contributed by atoms with Gasteiger partial charge >= 0.3 is 11.9 Å². The molecule has 0 radical (unpaired) electrons. The van der Waals surface area contributed by atoms with Crippen LogP contribution in [-0.2, 0) is 20.7 Å². The van der Waals surface area contributed by atoms with Crippen molar-refractivity contribution in [2.24, 2.45) is 11.8 Å². The molecule has 0 spiro atoms. The number of methoxy groups -OCH3 is 2. The molecule has 1 aliphatic heterocycles. The van der Waals surface area contributed by atoms with Crippen LogP contribution in [0.5, 0.6) is 0 Å². The van der Waals surface area contributed by atoms with Gasteiger partial charge in [-0.3, -0.25) is 4.79 Å². The second-order valence-electron chi connectivity index (χ2n) is 5.59. The molecule has 0 aromatic carbocycles. The van der Waals surface area contributed by atoms with Crippen molar-refractivity contribution in [1.29, 1.82) is 0 Å². The van der Waals surface area contributed by atoms with Gasteiger partial charge in [-0.25, -0.2) is 4.79 Å². The number of aryl methyl sites for hydroxylation is 1. The molecule has 126 valence electrons. The molecular formula is C16H21NO4S2. The van der Waals surface area contributed by atoms with Gasteiger partial charge in [-0.05, 0) is 37.7 Å². The van der Waals surface area contributed by atoms with Crippen molar-refractivity contribution >= 4 is 40.5 Å². The topological polar surface area (TPSA) is 64.6 Å². The van der Waals surface area contributed by atoms with Crippen molar-refractivity contribution in [2.75, 3.05) is 20.8 Å². The first-order valence-electron chi connectivity index (χ1n) is 7.56. The summed E-state index contributed by atoms with van der Waals surface area (Å²) in [5, 5.41) is 4.96. The first kappa shape index (κ1) is 17.9. The quantitative estimate of drug-likeness (QED) is 0.647. The predicted octanol–water partition coefficient (Wildman–Crippen LogP) is 2.58. The van der Waals surface area contributed by atoms with Crippen LogP contribution in [0.2, 0.25) is 0 Å². The maximum atomic E-state index is 11.9. The highest BCUT2D eigenvalue weighted by Gasteiger charge is 2.30. The van der Waals surface area contributed by atoms with Crippen molar-refractivity contribution in [1.82, 2.24) is 5.32 Å². The average Bonchev–Trinajstić information content (AvgIpc) is 2.96. The summed E-state index contributed by atoms with van der Waals surface area (Å²) in [5.74, 6) is -0.520. The van der Waals surface area contributed by atoms with Gasteiger partial charge in [0.25, 0.3) is 0 Å². The first-order valence-corrected chi connectivity index (χ1v) is 8.85. The van der Waals surface area contributed by atoms with Gasteiger partial charge in [0.2, 0.25) is 0 Å². The van der Waals surface area contributed by atoms with Gasteiger partial charge in [0.15, 0.2) is 0 Å². The third-order valence-electron chi connectivity index (χ3n) is 4.10. The summed E-state index contributed by atoms with van der Waals surface area (Å²) in [4.78, 5) is 25.1. The van der Waals surface area contributed by atoms with Crippen LogP contribution in [-0.4, -0.2) is 37.7 Å². The number of ether oxygens (including phenoxy) is 2. The Labute approximate surface area is 145 Å². The van der Waals surface area contributed by atoms with E-state index in [0.717, 1.165) is 30.7 Å². The molecule has 2 rings (SSSR count). The van der Waals surface area contributed by atoms with Crippen LogP contribution >= 0.6 is 23.6 Å². The molecule has 0 amide bonds. The van der Waals surface area contributed by atoms with Crippen molar-refractivity contribution in [3.63, 3.8) is 0 Å². The predicted molar refractivity (Wildman–Crippen MR) is 92.8 cm³/mol. The van der Waals surface area contributed by atoms with Gasteiger partial charge < -0.3 is 14.8 Å². The number of hydrogen-bond acceptors (Lipinski definition) is 6. The molecular weight excluding hydrogens is 334 g/mol. The number of thiocarbonyl (C=S) groups is 1. The lowest BCUT2D eigenvalue weighted by Gasteiger charge is -2.17.